The molecule has 0 saturated heterocycles. The number of nitrogens with zero attached hydrogens (tertiary/aromatic N) is 5. The Morgan fingerprint density at radius 1 is 1.18 bits per heavy atom. The molecule has 0 bridgehead atoms. The Morgan fingerprint density at radius 3 is 2.68 bits per heavy atom. The summed E-state index contributed by atoms with van der Waals surface area (Å²) in [6.45, 7) is 4.09. The van der Waals surface area contributed by atoms with E-state index in [0.717, 1.165) is 11.5 Å². The minimum Gasteiger partial charge on any atom is -0.306 e. The summed E-state index contributed by atoms with van der Waals surface area (Å²) in [7, 11) is 1.79. The van der Waals surface area contributed by atoms with Crippen LogP contribution in [-0.4, -0.2) is 30.4 Å². The number of nitrogens with one attached hydrogen (secondary N) is 2. The van der Waals surface area contributed by atoms with Crippen LogP contribution in [0.15, 0.2) is 30.6 Å². The number of carbonyl (C=O) groups is 1. The van der Waals surface area contributed by atoms with E-state index in [1.165, 1.54) is 0 Å². The average Bonchev–Trinajstić information content (AvgIpc) is 3.04. The van der Waals surface area contributed by atoms with Crippen molar-refractivity contribution >= 4 is 23.2 Å². The van der Waals surface area contributed by atoms with Gasteiger partial charge in [-0.15, -0.1) is 10.2 Å². The molecule has 0 saturated carbocycles. The van der Waals surface area contributed by atoms with Gasteiger partial charge in [-0.05, 0) is 12.1 Å². The van der Waals surface area contributed by atoms with E-state index in [1.54, 1.807) is 30.1 Å². The van der Waals surface area contributed by atoms with E-state index in [1.807, 2.05) is 30.5 Å². The molecule has 22 heavy (non-hydrogen) atoms. The van der Waals surface area contributed by atoms with Crippen molar-refractivity contribution in [3.63, 3.8) is 0 Å². The van der Waals surface area contributed by atoms with Crippen LogP contribution in [0, 0.1) is 0 Å². The zero-order valence-corrected chi connectivity index (χ0v) is 12.6. The summed E-state index contributed by atoms with van der Waals surface area (Å²) < 4.78 is 3.49. The molecule has 0 aliphatic heterocycles. The fraction of sp³-hybridized carbons (Fsp3) is 0.286. The van der Waals surface area contributed by atoms with Gasteiger partial charge < -0.3 is 5.32 Å². The van der Waals surface area contributed by atoms with Gasteiger partial charge in [0.15, 0.2) is 11.5 Å². The monoisotopic (exact) mass is 299 g/mol. The fourth-order valence-electron chi connectivity index (χ4n) is 2.14. The molecule has 3 aromatic rings. The normalized spacial score (nSPS) is 11.1. The Kier molecular flexibility index (Phi) is 3.50. The maximum Gasteiger partial charge on any atom is 0.324 e. The Hall–Kier alpha value is -2.90. The molecule has 0 spiro atoms. The summed E-state index contributed by atoms with van der Waals surface area (Å²) in [5, 5.41) is 17.8. The Labute approximate surface area is 127 Å². The SMILES string of the molecule is CC(C)c1nnc2ccc(NC(=O)Nc3ccn(C)n3)cn12. The van der Waals surface area contributed by atoms with Crippen molar-refractivity contribution in [2.75, 3.05) is 10.6 Å². The van der Waals surface area contributed by atoms with Crippen LogP contribution in [0.3, 0.4) is 0 Å². The lowest BCUT2D eigenvalue weighted by Gasteiger charge is -2.07. The highest BCUT2D eigenvalue weighted by Crippen LogP contribution is 2.17. The van der Waals surface area contributed by atoms with Crippen LogP contribution in [0.4, 0.5) is 16.3 Å². The maximum absolute atomic E-state index is 12.0. The van der Waals surface area contributed by atoms with E-state index >= 15 is 0 Å². The first-order chi connectivity index (χ1) is 10.5. The molecular weight excluding hydrogens is 282 g/mol. The van der Waals surface area contributed by atoms with Crippen LogP contribution < -0.4 is 10.6 Å². The topological polar surface area (TPSA) is 89.1 Å². The number of aryl methyl sites for hydroxylation is 1. The third kappa shape index (κ3) is 2.76. The van der Waals surface area contributed by atoms with Crippen molar-refractivity contribution in [3.8, 4) is 0 Å². The van der Waals surface area contributed by atoms with Crippen molar-refractivity contribution in [3.05, 3.63) is 36.4 Å². The lowest BCUT2D eigenvalue weighted by molar-refractivity contribution is 0.262. The van der Waals surface area contributed by atoms with Crippen molar-refractivity contribution < 1.29 is 4.79 Å². The molecule has 0 unspecified atom stereocenters. The second-order valence-electron chi connectivity index (χ2n) is 5.31. The molecule has 2 N–H and O–H groups in total. The third-order valence-corrected chi connectivity index (χ3v) is 3.16. The van der Waals surface area contributed by atoms with E-state index in [4.69, 9.17) is 0 Å². The molecule has 114 valence electrons. The first-order valence-corrected chi connectivity index (χ1v) is 6.95. The van der Waals surface area contributed by atoms with Crippen LogP contribution >= 0.6 is 0 Å². The lowest BCUT2D eigenvalue weighted by Crippen LogP contribution is -2.20. The number of urea groups is 1. The lowest BCUT2D eigenvalue weighted by atomic mass is 10.2. The average molecular weight is 299 g/mol. The molecular formula is C14H17N7O. The Bertz CT molecular complexity index is 818. The van der Waals surface area contributed by atoms with E-state index in [-0.39, 0.29) is 11.9 Å². The minimum absolute atomic E-state index is 0.243. The highest BCUT2D eigenvalue weighted by molar-refractivity contribution is 5.99. The summed E-state index contributed by atoms with van der Waals surface area (Å²) in [5.74, 6) is 1.59. The molecule has 0 aromatic carbocycles. The first-order valence-electron chi connectivity index (χ1n) is 6.95. The summed E-state index contributed by atoms with van der Waals surface area (Å²) >= 11 is 0. The van der Waals surface area contributed by atoms with Gasteiger partial charge in [-0.2, -0.15) is 5.10 Å². The fourth-order valence-corrected chi connectivity index (χ4v) is 2.14. The largest absolute Gasteiger partial charge is 0.324 e. The number of fused-ring (bicyclic) bond motifs is 1. The highest BCUT2D eigenvalue weighted by atomic mass is 16.2. The molecule has 8 heteroatoms. The molecule has 0 fully saturated rings. The second kappa shape index (κ2) is 5.47. The van der Waals surface area contributed by atoms with E-state index in [0.29, 0.717) is 11.5 Å². The van der Waals surface area contributed by atoms with Crippen molar-refractivity contribution in [2.45, 2.75) is 19.8 Å². The summed E-state index contributed by atoms with van der Waals surface area (Å²) in [6, 6.07) is 4.97. The zero-order chi connectivity index (χ0) is 15.7. The maximum atomic E-state index is 12.0. The van der Waals surface area contributed by atoms with Gasteiger partial charge in [-0.1, -0.05) is 13.8 Å². The quantitative estimate of drug-likeness (QED) is 0.776. The molecule has 3 heterocycles. The van der Waals surface area contributed by atoms with Crippen LogP contribution in [-0.2, 0) is 7.05 Å². The molecule has 0 aliphatic carbocycles. The third-order valence-electron chi connectivity index (χ3n) is 3.16. The van der Waals surface area contributed by atoms with Gasteiger partial charge in [0, 0.05) is 31.4 Å². The van der Waals surface area contributed by atoms with Gasteiger partial charge in [0.2, 0.25) is 0 Å². The summed E-state index contributed by atoms with van der Waals surface area (Å²) in [5.41, 5.74) is 1.40. The second-order valence-corrected chi connectivity index (χ2v) is 5.31. The zero-order valence-electron chi connectivity index (χ0n) is 12.6. The van der Waals surface area contributed by atoms with Gasteiger partial charge in [0.05, 0.1) is 5.69 Å². The van der Waals surface area contributed by atoms with Crippen molar-refractivity contribution in [1.29, 1.82) is 0 Å². The summed E-state index contributed by atoms with van der Waals surface area (Å²) in [6.07, 6.45) is 3.57. The number of anilines is 2. The molecule has 0 atom stereocenters. The van der Waals surface area contributed by atoms with Crippen LogP contribution in [0.1, 0.15) is 25.6 Å². The first kappa shape index (κ1) is 14.1. The molecule has 3 rings (SSSR count). The van der Waals surface area contributed by atoms with E-state index < -0.39 is 0 Å². The highest BCUT2D eigenvalue weighted by Gasteiger charge is 2.11. The molecule has 0 aliphatic rings. The van der Waals surface area contributed by atoms with Crippen LogP contribution in [0.5, 0.6) is 0 Å². The van der Waals surface area contributed by atoms with Gasteiger partial charge in [0.25, 0.3) is 0 Å². The van der Waals surface area contributed by atoms with Crippen LogP contribution in [0.25, 0.3) is 5.65 Å². The predicted octanol–water partition coefficient (Wildman–Crippen LogP) is 2.23. The number of aromatic nitrogens is 5. The van der Waals surface area contributed by atoms with Gasteiger partial charge in [-0.25, -0.2) is 4.79 Å². The van der Waals surface area contributed by atoms with E-state index in [2.05, 4.69) is 25.9 Å². The van der Waals surface area contributed by atoms with Crippen LogP contribution in [0.2, 0.25) is 0 Å². The Balaban J connectivity index is 1.78. The van der Waals surface area contributed by atoms with Gasteiger partial charge >= 0.3 is 6.03 Å². The van der Waals surface area contributed by atoms with E-state index in [9.17, 15) is 4.79 Å². The predicted molar refractivity (Wildman–Crippen MR) is 82.9 cm³/mol. The number of pyridine rings is 1. The number of carbonyl (C=O) groups excluding carboxylic acids is 1. The number of amides is 2. The molecule has 3 aromatic heterocycles. The van der Waals surface area contributed by atoms with Gasteiger partial charge in [0.1, 0.15) is 5.82 Å². The standard InChI is InChI=1S/C14H17N7O/c1-9(2)13-18-17-12-5-4-10(8-21(12)13)15-14(22)16-11-6-7-20(3)19-11/h4-9H,1-3H3,(H2,15,16,19,22). The number of rotatable bonds is 3. The molecule has 8 nitrogen and oxygen atoms in total. The minimum atomic E-state index is -0.350. The smallest absolute Gasteiger partial charge is 0.306 e. The van der Waals surface area contributed by atoms with Gasteiger partial charge in [-0.3, -0.25) is 14.4 Å². The number of hydrogen-bond donors (Lipinski definition) is 2. The van der Waals surface area contributed by atoms with Crippen molar-refractivity contribution in [1.82, 2.24) is 24.4 Å². The van der Waals surface area contributed by atoms with Crippen molar-refractivity contribution in [2.24, 2.45) is 7.05 Å². The number of hydrogen-bond acceptors (Lipinski definition) is 4. The summed E-state index contributed by atoms with van der Waals surface area (Å²) in [4.78, 5) is 12.0. The Morgan fingerprint density at radius 2 is 2.00 bits per heavy atom. The molecule has 0 radical (unpaired) electrons. The molecule has 2 amide bonds.